The summed E-state index contributed by atoms with van der Waals surface area (Å²) in [4.78, 5) is 39.0. The van der Waals surface area contributed by atoms with E-state index in [-0.39, 0.29) is 17.9 Å². The highest BCUT2D eigenvalue weighted by Gasteiger charge is 2.41. The summed E-state index contributed by atoms with van der Waals surface area (Å²) in [6, 6.07) is 9.33. The van der Waals surface area contributed by atoms with Crippen molar-refractivity contribution in [2.45, 2.75) is 38.8 Å². The smallest absolute Gasteiger partial charge is 0.407 e. The van der Waals surface area contributed by atoms with E-state index in [4.69, 9.17) is 4.74 Å². The van der Waals surface area contributed by atoms with Crippen molar-refractivity contribution in [3.8, 4) is 0 Å². The molecule has 174 valence electrons. The van der Waals surface area contributed by atoms with Crippen LogP contribution < -0.4 is 16.1 Å². The number of benzene rings is 1. The lowest BCUT2D eigenvalue weighted by atomic mass is 9.83. The normalized spacial score (nSPS) is 23.3. The SMILES string of the molecule is CC(C)OC(=O)NCC1CN[C@H](C(=O)N2CC=C(c3ccccc3)CC2)[C@@H](C(=O)NO)C1. The van der Waals surface area contributed by atoms with E-state index in [1.54, 1.807) is 24.2 Å². The van der Waals surface area contributed by atoms with Crippen molar-refractivity contribution in [1.82, 2.24) is 21.0 Å². The first-order valence-electron chi connectivity index (χ1n) is 11.0. The van der Waals surface area contributed by atoms with Crippen LogP contribution in [0.1, 0.15) is 32.3 Å². The molecule has 32 heavy (non-hydrogen) atoms. The molecule has 1 saturated heterocycles. The molecule has 9 nitrogen and oxygen atoms in total. The molecule has 1 aromatic carbocycles. The fourth-order valence-corrected chi connectivity index (χ4v) is 4.23. The van der Waals surface area contributed by atoms with Crippen molar-refractivity contribution >= 4 is 23.5 Å². The first-order valence-corrected chi connectivity index (χ1v) is 11.0. The average molecular weight is 445 g/mol. The summed E-state index contributed by atoms with van der Waals surface area (Å²) in [6.45, 7) is 5.34. The first-order chi connectivity index (χ1) is 15.4. The fraction of sp³-hybridized carbons (Fsp3) is 0.522. The highest BCUT2D eigenvalue weighted by molar-refractivity contribution is 5.90. The molecule has 2 aliphatic heterocycles. The molecule has 1 unspecified atom stereocenters. The Bertz CT molecular complexity index is 842. The number of hydroxylamine groups is 1. The van der Waals surface area contributed by atoms with Gasteiger partial charge in [0.1, 0.15) is 0 Å². The van der Waals surface area contributed by atoms with Gasteiger partial charge in [0.2, 0.25) is 11.8 Å². The van der Waals surface area contributed by atoms with Crippen molar-refractivity contribution in [1.29, 1.82) is 0 Å². The Kier molecular flexibility index (Phi) is 8.24. The van der Waals surface area contributed by atoms with Crippen molar-refractivity contribution < 1.29 is 24.3 Å². The maximum Gasteiger partial charge on any atom is 0.407 e. The summed E-state index contributed by atoms with van der Waals surface area (Å²) in [5.41, 5.74) is 4.05. The predicted molar refractivity (Wildman–Crippen MR) is 119 cm³/mol. The summed E-state index contributed by atoms with van der Waals surface area (Å²) >= 11 is 0. The van der Waals surface area contributed by atoms with Gasteiger partial charge in [-0.1, -0.05) is 36.4 Å². The zero-order valence-electron chi connectivity index (χ0n) is 18.5. The Morgan fingerprint density at radius 1 is 1.25 bits per heavy atom. The average Bonchev–Trinajstić information content (AvgIpc) is 2.82. The van der Waals surface area contributed by atoms with Crippen molar-refractivity contribution in [2.75, 3.05) is 26.2 Å². The fourth-order valence-electron chi connectivity index (χ4n) is 4.23. The standard InChI is InChI=1S/C23H32N4O5/c1-15(2)32-23(30)25-14-16-12-19(21(28)26-31)20(24-13-16)22(29)27-10-8-18(9-11-27)17-6-4-3-5-7-17/h3-8,15-16,19-20,24,31H,9-14H2,1-2H3,(H,25,30)(H,26,28)/t16?,19-,20-/m0/s1. The maximum absolute atomic E-state index is 13.2. The molecule has 4 N–H and O–H groups in total. The molecule has 2 heterocycles. The highest BCUT2D eigenvalue weighted by atomic mass is 16.6. The summed E-state index contributed by atoms with van der Waals surface area (Å²) in [5, 5.41) is 15.1. The zero-order valence-corrected chi connectivity index (χ0v) is 18.5. The lowest BCUT2D eigenvalue weighted by Crippen LogP contribution is -2.59. The van der Waals surface area contributed by atoms with Crippen LogP contribution in [0.25, 0.3) is 5.57 Å². The van der Waals surface area contributed by atoms with Crippen LogP contribution in [0.15, 0.2) is 36.4 Å². The molecule has 1 fully saturated rings. The molecule has 0 bridgehead atoms. The minimum absolute atomic E-state index is 0.0769. The van der Waals surface area contributed by atoms with Gasteiger partial charge < -0.3 is 20.3 Å². The third-order valence-electron chi connectivity index (χ3n) is 5.87. The van der Waals surface area contributed by atoms with Gasteiger partial charge in [-0.05, 0) is 43.7 Å². The van der Waals surface area contributed by atoms with E-state index in [1.807, 2.05) is 24.3 Å². The molecule has 0 saturated carbocycles. The van der Waals surface area contributed by atoms with Crippen molar-refractivity contribution in [3.05, 3.63) is 42.0 Å². The molecule has 0 aromatic heterocycles. The largest absolute Gasteiger partial charge is 0.447 e. The summed E-state index contributed by atoms with van der Waals surface area (Å²) in [7, 11) is 0. The summed E-state index contributed by atoms with van der Waals surface area (Å²) in [5.74, 6) is -1.59. The van der Waals surface area contributed by atoms with E-state index in [9.17, 15) is 19.6 Å². The second-order valence-electron chi connectivity index (χ2n) is 8.53. The van der Waals surface area contributed by atoms with Gasteiger partial charge in [0, 0.05) is 26.2 Å². The molecular weight excluding hydrogens is 412 g/mol. The van der Waals surface area contributed by atoms with E-state index >= 15 is 0 Å². The van der Waals surface area contributed by atoms with E-state index in [1.165, 1.54) is 5.57 Å². The second-order valence-corrected chi connectivity index (χ2v) is 8.53. The van der Waals surface area contributed by atoms with E-state index in [2.05, 4.69) is 22.8 Å². The number of nitrogens with zero attached hydrogens (tertiary/aromatic N) is 1. The molecule has 3 atom stereocenters. The number of amides is 3. The summed E-state index contributed by atoms with van der Waals surface area (Å²) < 4.78 is 5.06. The number of hydrogen-bond donors (Lipinski definition) is 4. The minimum Gasteiger partial charge on any atom is -0.447 e. The van der Waals surface area contributed by atoms with Crippen LogP contribution in [0.5, 0.6) is 0 Å². The number of ether oxygens (including phenoxy) is 1. The highest BCUT2D eigenvalue weighted by Crippen LogP contribution is 2.26. The lowest BCUT2D eigenvalue weighted by molar-refractivity contribution is -0.144. The number of carbonyl (C=O) groups excluding carboxylic acids is 3. The zero-order chi connectivity index (χ0) is 23.1. The van der Waals surface area contributed by atoms with Crippen molar-refractivity contribution in [2.24, 2.45) is 11.8 Å². The van der Waals surface area contributed by atoms with Crippen LogP contribution in [0.4, 0.5) is 4.79 Å². The molecule has 0 radical (unpaired) electrons. The van der Waals surface area contributed by atoms with Crippen LogP contribution >= 0.6 is 0 Å². The molecule has 9 heteroatoms. The van der Waals surface area contributed by atoms with Gasteiger partial charge in [-0.15, -0.1) is 0 Å². The Balaban J connectivity index is 1.60. The van der Waals surface area contributed by atoms with Gasteiger partial charge in [0.05, 0.1) is 18.1 Å². The monoisotopic (exact) mass is 444 g/mol. The lowest BCUT2D eigenvalue weighted by Gasteiger charge is -2.38. The summed E-state index contributed by atoms with van der Waals surface area (Å²) in [6.07, 6.45) is 2.40. The van der Waals surface area contributed by atoms with Gasteiger partial charge >= 0.3 is 6.09 Å². The van der Waals surface area contributed by atoms with Crippen LogP contribution in [0.2, 0.25) is 0 Å². The number of alkyl carbamates (subject to hydrolysis) is 1. The third kappa shape index (κ3) is 6.08. The molecule has 2 aliphatic rings. The molecule has 3 rings (SSSR count). The van der Waals surface area contributed by atoms with Crippen LogP contribution in [-0.4, -0.2) is 66.3 Å². The predicted octanol–water partition coefficient (Wildman–Crippen LogP) is 1.54. The van der Waals surface area contributed by atoms with E-state index in [0.717, 1.165) is 12.0 Å². The third-order valence-corrected chi connectivity index (χ3v) is 5.87. The van der Waals surface area contributed by atoms with Crippen LogP contribution in [0.3, 0.4) is 0 Å². The number of carbonyl (C=O) groups is 3. The van der Waals surface area contributed by atoms with Gasteiger partial charge in [0.25, 0.3) is 0 Å². The number of piperidine rings is 1. The van der Waals surface area contributed by atoms with Gasteiger partial charge in [0.15, 0.2) is 0 Å². The Labute approximate surface area is 188 Å². The second kappa shape index (κ2) is 11.1. The van der Waals surface area contributed by atoms with E-state index < -0.39 is 24.0 Å². The van der Waals surface area contributed by atoms with Gasteiger partial charge in [-0.3, -0.25) is 14.8 Å². The molecule has 3 amide bonds. The maximum atomic E-state index is 13.2. The van der Waals surface area contributed by atoms with Crippen LogP contribution in [-0.2, 0) is 14.3 Å². The number of nitrogens with one attached hydrogen (secondary N) is 3. The first kappa shape index (κ1) is 23.7. The Morgan fingerprint density at radius 2 is 2.00 bits per heavy atom. The number of hydrogen-bond acceptors (Lipinski definition) is 6. The molecular formula is C23H32N4O5. The molecule has 0 spiro atoms. The molecule has 0 aliphatic carbocycles. The minimum atomic E-state index is -0.742. The number of rotatable bonds is 6. The molecule has 1 aromatic rings. The Morgan fingerprint density at radius 3 is 2.62 bits per heavy atom. The van der Waals surface area contributed by atoms with Crippen molar-refractivity contribution in [3.63, 3.8) is 0 Å². The topological polar surface area (TPSA) is 120 Å². The van der Waals surface area contributed by atoms with Gasteiger partial charge in [-0.2, -0.15) is 0 Å². The van der Waals surface area contributed by atoms with Gasteiger partial charge in [-0.25, -0.2) is 10.3 Å². The quantitative estimate of drug-likeness (QED) is 0.390. The van der Waals surface area contributed by atoms with E-state index in [0.29, 0.717) is 32.6 Å². The Hall–Kier alpha value is -2.91. The van der Waals surface area contributed by atoms with Crippen LogP contribution in [0, 0.1) is 11.8 Å².